The summed E-state index contributed by atoms with van der Waals surface area (Å²) in [5.41, 5.74) is 0. The maximum absolute atomic E-state index is 5.23. The minimum absolute atomic E-state index is 0.719. The van der Waals surface area contributed by atoms with E-state index in [0.29, 0.717) is 0 Å². The van der Waals surface area contributed by atoms with Crippen molar-refractivity contribution in [1.29, 1.82) is 0 Å². The molecule has 0 aliphatic rings. The van der Waals surface area contributed by atoms with Gasteiger partial charge in [-0.2, -0.15) is 0 Å². The van der Waals surface area contributed by atoms with Crippen molar-refractivity contribution in [3.05, 3.63) is 24.5 Å². The van der Waals surface area contributed by atoms with Gasteiger partial charge in [0.15, 0.2) is 0 Å². The lowest BCUT2D eigenvalue weighted by Gasteiger charge is -2.00. The van der Waals surface area contributed by atoms with Crippen molar-refractivity contribution in [3.63, 3.8) is 0 Å². The standard InChI is InChI=1S/C8H9NO/c1-2-7-10-8-3-5-9-6-4-8/h3,5H,2,7H2,1H3. The normalized spacial score (nSPS) is 9.30. The Kier molecular flexibility index (Phi) is 2.74. The SMILES string of the molecule is CCCOc1[c][c]ncc1. The van der Waals surface area contributed by atoms with Gasteiger partial charge in [-0.05, 0) is 12.5 Å². The van der Waals surface area contributed by atoms with Crippen molar-refractivity contribution < 1.29 is 4.74 Å². The van der Waals surface area contributed by atoms with E-state index in [1.54, 1.807) is 12.3 Å². The molecule has 1 aromatic heterocycles. The number of hydrogen-bond acceptors (Lipinski definition) is 2. The van der Waals surface area contributed by atoms with Gasteiger partial charge in [0.1, 0.15) is 11.9 Å². The fourth-order valence-electron chi connectivity index (χ4n) is 0.567. The van der Waals surface area contributed by atoms with Crippen molar-refractivity contribution in [1.82, 2.24) is 4.98 Å². The molecule has 1 heterocycles. The lowest BCUT2D eigenvalue weighted by atomic mass is 10.4. The van der Waals surface area contributed by atoms with E-state index >= 15 is 0 Å². The van der Waals surface area contributed by atoms with Crippen LogP contribution in [0.4, 0.5) is 0 Å². The topological polar surface area (TPSA) is 22.1 Å². The molecule has 0 N–H and O–H groups in total. The number of hydrogen-bond donors (Lipinski definition) is 0. The largest absolute Gasteiger partial charge is 0.493 e. The van der Waals surface area contributed by atoms with Crippen LogP contribution in [0, 0.1) is 12.3 Å². The predicted octanol–water partition coefficient (Wildman–Crippen LogP) is 1.47. The molecule has 0 spiro atoms. The quantitative estimate of drug-likeness (QED) is 0.626. The number of rotatable bonds is 3. The number of ether oxygens (including phenoxy) is 1. The Morgan fingerprint density at radius 3 is 3.20 bits per heavy atom. The average molecular weight is 135 g/mol. The van der Waals surface area contributed by atoms with Crippen LogP contribution in [-0.2, 0) is 0 Å². The van der Waals surface area contributed by atoms with Crippen LogP contribution < -0.4 is 4.74 Å². The number of nitrogens with zero attached hydrogens (tertiary/aromatic N) is 1. The second-order valence-electron chi connectivity index (χ2n) is 1.89. The van der Waals surface area contributed by atoms with Gasteiger partial charge in [0.2, 0.25) is 0 Å². The number of aromatic nitrogens is 1. The first kappa shape index (κ1) is 7.06. The maximum Gasteiger partial charge on any atom is 0.131 e. The third kappa shape index (κ3) is 2.05. The number of pyridine rings is 1. The Morgan fingerprint density at radius 2 is 2.60 bits per heavy atom. The summed E-state index contributed by atoms with van der Waals surface area (Å²) in [6.45, 7) is 2.79. The minimum Gasteiger partial charge on any atom is -0.493 e. The van der Waals surface area contributed by atoms with Crippen LogP contribution in [0.2, 0.25) is 0 Å². The molecule has 0 saturated carbocycles. The van der Waals surface area contributed by atoms with Gasteiger partial charge in [-0.15, -0.1) is 0 Å². The Morgan fingerprint density at radius 1 is 1.70 bits per heavy atom. The third-order valence-corrected chi connectivity index (χ3v) is 1.01. The van der Waals surface area contributed by atoms with E-state index in [1.165, 1.54) is 0 Å². The molecule has 2 nitrogen and oxygen atoms in total. The van der Waals surface area contributed by atoms with Crippen LogP contribution in [-0.4, -0.2) is 11.6 Å². The van der Waals surface area contributed by atoms with E-state index in [0.717, 1.165) is 18.8 Å². The zero-order chi connectivity index (χ0) is 7.23. The summed E-state index contributed by atoms with van der Waals surface area (Å²) in [7, 11) is 0. The maximum atomic E-state index is 5.23. The molecule has 0 aromatic carbocycles. The van der Waals surface area contributed by atoms with Crippen molar-refractivity contribution in [2.45, 2.75) is 13.3 Å². The second kappa shape index (κ2) is 3.88. The van der Waals surface area contributed by atoms with Gasteiger partial charge in [-0.25, -0.2) is 0 Å². The summed E-state index contributed by atoms with van der Waals surface area (Å²) in [5.74, 6) is 0.719. The molecule has 2 radical (unpaired) electrons. The van der Waals surface area contributed by atoms with E-state index < -0.39 is 0 Å². The first-order chi connectivity index (χ1) is 4.93. The van der Waals surface area contributed by atoms with Crippen LogP contribution >= 0.6 is 0 Å². The molecule has 1 aromatic rings. The summed E-state index contributed by atoms with van der Waals surface area (Å²) in [6, 6.07) is 4.51. The Bertz CT molecular complexity index is 174. The molecule has 10 heavy (non-hydrogen) atoms. The van der Waals surface area contributed by atoms with Crippen LogP contribution in [0.1, 0.15) is 13.3 Å². The summed E-state index contributed by atoms with van der Waals surface area (Å²) in [5, 5.41) is 0. The molecule has 0 bridgehead atoms. The summed E-state index contributed by atoms with van der Waals surface area (Å²) >= 11 is 0. The van der Waals surface area contributed by atoms with E-state index in [2.05, 4.69) is 24.2 Å². The Labute approximate surface area is 60.9 Å². The van der Waals surface area contributed by atoms with Gasteiger partial charge in [0.25, 0.3) is 0 Å². The third-order valence-electron chi connectivity index (χ3n) is 1.01. The first-order valence-electron chi connectivity index (χ1n) is 3.30. The van der Waals surface area contributed by atoms with Gasteiger partial charge in [-0.1, -0.05) is 6.92 Å². The summed E-state index contributed by atoms with van der Waals surface area (Å²) in [4.78, 5) is 3.69. The predicted molar refractivity (Wildman–Crippen MR) is 37.7 cm³/mol. The molecule has 0 unspecified atom stereocenters. The van der Waals surface area contributed by atoms with Crippen molar-refractivity contribution in [2.75, 3.05) is 6.61 Å². The van der Waals surface area contributed by atoms with Crippen LogP contribution in [0.25, 0.3) is 0 Å². The molecular weight excluding hydrogens is 126 g/mol. The van der Waals surface area contributed by atoms with Gasteiger partial charge in [0.05, 0.1) is 12.7 Å². The first-order valence-corrected chi connectivity index (χ1v) is 3.30. The fourth-order valence-corrected chi connectivity index (χ4v) is 0.567. The lowest BCUT2D eigenvalue weighted by molar-refractivity contribution is 0.316. The highest BCUT2D eigenvalue weighted by molar-refractivity contribution is 5.14. The molecular formula is C8H9NO. The smallest absolute Gasteiger partial charge is 0.131 e. The van der Waals surface area contributed by atoms with Crippen molar-refractivity contribution >= 4 is 0 Å². The van der Waals surface area contributed by atoms with Crippen LogP contribution in [0.3, 0.4) is 0 Å². The highest BCUT2D eigenvalue weighted by Crippen LogP contribution is 2.04. The Balaban J connectivity index is 2.43. The molecule has 0 atom stereocenters. The second-order valence-corrected chi connectivity index (χ2v) is 1.89. The van der Waals surface area contributed by atoms with Crippen molar-refractivity contribution in [3.8, 4) is 5.75 Å². The van der Waals surface area contributed by atoms with Crippen LogP contribution in [0.5, 0.6) is 5.75 Å². The average Bonchev–Trinajstić information content (AvgIpc) is 2.03. The van der Waals surface area contributed by atoms with Crippen molar-refractivity contribution in [2.24, 2.45) is 0 Å². The molecule has 0 fully saturated rings. The van der Waals surface area contributed by atoms with Gasteiger partial charge < -0.3 is 4.74 Å². The molecule has 2 heteroatoms. The van der Waals surface area contributed by atoms with E-state index in [1.807, 2.05) is 0 Å². The lowest BCUT2D eigenvalue weighted by Crippen LogP contribution is -1.94. The van der Waals surface area contributed by atoms with Gasteiger partial charge >= 0.3 is 0 Å². The van der Waals surface area contributed by atoms with E-state index in [4.69, 9.17) is 4.74 Å². The molecule has 0 aliphatic carbocycles. The van der Waals surface area contributed by atoms with E-state index in [9.17, 15) is 0 Å². The molecule has 0 amide bonds. The van der Waals surface area contributed by atoms with E-state index in [-0.39, 0.29) is 0 Å². The monoisotopic (exact) mass is 135 g/mol. The highest BCUT2D eigenvalue weighted by atomic mass is 16.5. The van der Waals surface area contributed by atoms with Gasteiger partial charge in [-0.3, -0.25) is 4.98 Å². The highest BCUT2D eigenvalue weighted by Gasteiger charge is 1.88. The van der Waals surface area contributed by atoms with Gasteiger partial charge in [0, 0.05) is 6.20 Å². The molecule has 1 rings (SSSR count). The fraction of sp³-hybridized carbons (Fsp3) is 0.375. The molecule has 52 valence electrons. The van der Waals surface area contributed by atoms with Crippen LogP contribution in [0.15, 0.2) is 12.3 Å². The molecule has 0 aliphatic heterocycles. The minimum atomic E-state index is 0.719. The summed E-state index contributed by atoms with van der Waals surface area (Å²) < 4.78 is 5.23. The summed E-state index contributed by atoms with van der Waals surface area (Å²) in [6.07, 6.45) is 5.22. The zero-order valence-corrected chi connectivity index (χ0v) is 5.92. The molecule has 0 saturated heterocycles. The Hall–Kier alpha value is -1.05. The zero-order valence-electron chi connectivity index (χ0n) is 5.92.